The second-order valence-corrected chi connectivity index (χ2v) is 6.48. The first-order valence-electron chi connectivity index (χ1n) is 8.04. The lowest BCUT2D eigenvalue weighted by molar-refractivity contribution is -0.0204. The Morgan fingerprint density at radius 2 is 2.00 bits per heavy atom. The lowest BCUT2D eigenvalue weighted by Gasteiger charge is -2.42. The van der Waals surface area contributed by atoms with Gasteiger partial charge in [-0.05, 0) is 24.1 Å². The van der Waals surface area contributed by atoms with Gasteiger partial charge >= 0.3 is 6.03 Å². The number of amides is 2. The lowest BCUT2D eigenvalue weighted by atomic mass is 9.85. The molecule has 2 aliphatic rings. The number of hydrogen-bond donors (Lipinski definition) is 2. The Bertz CT molecular complexity index is 562. The van der Waals surface area contributed by atoms with Crippen molar-refractivity contribution in [2.24, 2.45) is 5.92 Å². The number of carbonyl (C=O) groups is 1. The summed E-state index contributed by atoms with van der Waals surface area (Å²) in [7, 11) is 1.62. The summed E-state index contributed by atoms with van der Waals surface area (Å²) in [6.45, 7) is 2.97. The van der Waals surface area contributed by atoms with E-state index in [9.17, 15) is 15.0 Å². The molecule has 0 aliphatic carbocycles. The highest BCUT2D eigenvalue weighted by molar-refractivity contribution is 5.78. The molecule has 23 heavy (non-hydrogen) atoms. The molecule has 6 heteroatoms. The van der Waals surface area contributed by atoms with Crippen molar-refractivity contribution in [1.29, 1.82) is 0 Å². The molecule has 0 spiro atoms. The third-order valence-electron chi connectivity index (χ3n) is 5.12. The summed E-state index contributed by atoms with van der Waals surface area (Å²) < 4.78 is 5.15. The maximum absolute atomic E-state index is 12.7. The number of benzene rings is 1. The largest absolute Gasteiger partial charge is 0.497 e. The minimum atomic E-state index is -0.470. The third-order valence-corrected chi connectivity index (χ3v) is 5.12. The van der Waals surface area contributed by atoms with Gasteiger partial charge in [0.05, 0.1) is 31.9 Å². The average Bonchev–Trinajstić information content (AvgIpc) is 2.89. The first-order valence-corrected chi connectivity index (χ1v) is 8.04. The molecule has 1 aromatic rings. The lowest BCUT2D eigenvalue weighted by Crippen LogP contribution is -2.55. The van der Waals surface area contributed by atoms with E-state index < -0.39 is 6.10 Å². The molecule has 0 bridgehead atoms. The van der Waals surface area contributed by atoms with Crippen molar-refractivity contribution in [3.05, 3.63) is 29.8 Å². The Kier molecular flexibility index (Phi) is 4.46. The number of urea groups is 1. The van der Waals surface area contributed by atoms with Crippen LogP contribution in [0, 0.1) is 5.92 Å². The molecule has 0 unspecified atom stereocenters. The van der Waals surface area contributed by atoms with E-state index in [-0.39, 0.29) is 30.6 Å². The van der Waals surface area contributed by atoms with Gasteiger partial charge in [0.15, 0.2) is 0 Å². The van der Waals surface area contributed by atoms with Crippen LogP contribution in [0.4, 0.5) is 4.79 Å². The fourth-order valence-electron chi connectivity index (χ4n) is 3.65. The smallest absolute Gasteiger partial charge is 0.321 e. The average molecular weight is 320 g/mol. The van der Waals surface area contributed by atoms with Gasteiger partial charge in [-0.15, -0.1) is 0 Å². The first kappa shape index (κ1) is 16.1. The zero-order valence-corrected chi connectivity index (χ0v) is 13.6. The molecule has 126 valence electrons. The molecule has 2 N–H and O–H groups in total. The van der Waals surface area contributed by atoms with Crippen molar-refractivity contribution in [2.75, 3.05) is 20.3 Å². The molecule has 2 aliphatic heterocycles. The van der Waals surface area contributed by atoms with E-state index in [0.717, 1.165) is 11.3 Å². The Morgan fingerprint density at radius 1 is 1.30 bits per heavy atom. The van der Waals surface area contributed by atoms with Gasteiger partial charge in [-0.2, -0.15) is 0 Å². The number of carbonyl (C=O) groups excluding carboxylic acids is 1. The van der Waals surface area contributed by atoms with Crippen LogP contribution in [-0.2, 0) is 6.54 Å². The van der Waals surface area contributed by atoms with Crippen molar-refractivity contribution in [1.82, 2.24) is 9.80 Å². The van der Waals surface area contributed by atoms with E-state index in [2.05, 4.69) is 0 Å². The fraction of sp³-hybridized carbons (Fsp3) is 0.588. The van der Waals surface area contributed by atoms with Gasteiger partial charge < -0.3 is 24.7 Å². The van der Waals surface area contributed by atoms with Gasteiger partial charge in [0.2, 0.25) is 0 Å². The normalized spacial score (nSPS) is 30.5. The van der Waals surface area contributed by atoms with Crippen LogP contribution in [0.5, 0.6) is 5.75 Å². The van der Waals surface area contributed by atoms with Crippen molar-refractivity contribution < 1.29 is 19.7 Å². The summed E-state index contributed by atoms with van der Waals surface area (Å²) in [5, 5.41) is 19.7. The van der Waals surface area contributed by atoms with Gasteiger partial charge in [-0.25, -0.2) is 4.79 Å². The number of hydrogen-bond acceptors (Lipinski definition) is 4. The molecule has 2 heterocycles. The molecule has 3 rings (SSSR count). The first-order chi connectivity index (χ1) is 11.0. The van der Waals surface area contributed by atoms with Crippen LogP contribution in [-0.4, -0.2) is 64.5 Å². The summed E-state index contributed by atoms with van der Waals surface area (Å²) in [6.07, 6.45) is -0.0295. The monoisotopic (exact) mass is 320 g/mol. The van der Waals surface area contributed by atoms with Crippen LogP contribution in [0.2, 0.25) is 0 Å². The standard InChI is InChI=1S/C17H24N2O4/c1-11-15-9-18(8-12-3-5-14(23-2)6-4-12)17(22)19(15)13(10-20)7-16(11)21/h3-6,11,13,15-16,20-21H,7-10H2,1-2H3/t11-,13-,15-,16+/m1/s1. The number of nitrogens with zero attached hydrogens (tertiary/aromatic N) is 2. The van der Waals surface area contributed by atoms with E-state index in [1.807, 2.05) is 31.2 Å². The predicted octanol–water partition coefficient (Wildman–Crippen LogP) is 1.06. The topological polar surface area (TPSA) is 73.2 Å². The van der Waals surface area contributed by atoms with Gasteiger partial charge in [-0.1, -0.05) is 19.1 Å². The van der Waals surface area contributed by atoms with Gasteiger partial charge in [0.1, 0.15) is 5.75 Å². The summed E-state index contributed by atoms with van der Waals surface area (Å²) in [6, 6.07) is 7.28. The molecule has 0 radical (unpaired) electrons. The highest BCUT2D eigenvalue weighted by atomic mass is 16.5. The number of fused-ring (bicyclic) bond motifs is 1. The van der Waals surface area contributed by atoms with Gasteiger partial charge in [-0.3, -0.25) is 0 Å². The van der Waals surface area contributed by atoms with Crippen molar-refractivity contribution in [2.45, 2.75) is 38.1 Å². The summed E-state index contributed by atoms with van der Waals surface area (Å²) in [5.41, 5.74) is 1.03. The highest BCUT2D eigenvalue weighted by Gasteiger charge is 2.48. The number of methoxy groups -OCH3 is 1. The second-order valence-electron chi connectivity index (χ2n) is 6.48. The van der Waals surface area contributed by atoms with E-state index in [0.29, 0.717) is 19.5 Å². The minimum Gasteiger partial charge on any atom is -0.497 e. The Balaban J connectivity index is 1.76. The maximum atomic E-state index is 12.7. The Labute approximate surface area is 136 Å². The number of aliphatic hydroxyl groups excluding tert-OH is 2. The van der Waals surface area contributed by atoms with Crippen LogP contribution in [0.15, 0.2) is 24.3 Å². The molecule has 4 atom stereocenters. The molecule has 6 nitrogen and oxygen atoms in total. The van der Waals surface area contributed by atoms with E-state index >= 15 is 0 Å². The third kappa shape index (κ3) is 2.88. The predicted molar refractivity (Wildman–Crippen MR) is 85.1 cm³/mol. The number of rotatable bonds is 4. The molecule has 0 saturated carbocycles. The highest BCUT2D eigenvalue weighted by Crippen LogP contribution is 2.34. The van der Waals surface area contributed by atoms with Crippen molar-refractivity contribution >= 4 is 6.03 Å². The van der Waals surface area contributed by atoms with Crippen LogP contribution in [0.1, 0.15) is 18.9 Å². The zero-order chi connectivity index (χ0) is 16.6. The SMILES string of the molecule is COc1ccc(CN2C[C@@H]3[C@@H](C)[C@@H](O)C[C@H](CO)N3C2=O)cc1. The van der Waals surface area contributed by atoms with E-state index in [4.69, 9.17) is 4.74 Å². The summed E-state index contributed by atoms with van der Waals surface area (Å²) in [5.74, 6) is 0.804. The summed E-state index contributed by atoms with van der Waals surface area (Å²) >= 11 is 0. The van der Waals surface area contributed by atoms with Crippen LogP contribution < -0.4 is 4.74 Å². The number of ether oxygens (including phenoxy) is 1. The molecule has 2 saturated heterocycles. The molecule has 1 aromatic carbocycles. The Hall–Kier alpha value is -1.79. The van der Waals surface area contributed by atoms with Crippen LogP contribution >= 0.6 is 0 Å². The number of piperidine rings is 1. The van der Waals surface area contributed by atoms with Crippen molar-refractivity contribution in [3.8, 4) is 5.75 Å². The maximum Gasteiger partial charge on any atom is 0.321 e. The number of aliphatic hydroxyl groups is 2. The van der Waals surface area contributed by atoms with E-state index in [1.165, 1.54) is 0 Å². The fourth-order valence-corrected chi connectivity index (χ4v) is 3.65. The minimum absolute atomic E-state index is 0.0163. The van der Waals surface area contributed by atoms with Gasteiger partial charge in [0.25, 0.3) is 0 Å². The second kappa shape index (κ2) is 6.37. The van der Waals surface area contributed by atoms with Crippen molar-refractivity contribution in [3.63, 3.8) is 0 Å². The molecular weight excluding hydrogens is 296 g/mol. The summed E-state index contributed by atoms with van der Waals surface area (Å²) in [4.78, 5) is 16.3. The molecular formula is C17H24N2O4. The molecule has 0 aromatic heterocycles. The molecule has 2 amide bonds. The van der Waals surface area contributed by atoms with Crippen LogP contribution in [0.25, 0.3) is 0 Å². The van der Waals surface area contributed by atoms with E-state index in [1.54, 1.807) is 16.9 Å². The van der Waals surface area contributed by atoms with Gasteiger partial charge in [0, 0.05) is 19.0 Å². The zero-order valence-electron chi connectivity index (χ0n) is 13.6. The Morgan fingerprint density at radius 3 is 2.61 bits per heavy atom. The van der Waals surface area contributed by atoms with Crippen LogP contribution in [0.3, 0.4) is 0 Å². The quantitative estimate of drug-likeness (QED) is 0.870. The molecule has 2 fully saturated rings.